The van der Waals surface area contributed by atoms with Crippen molar-refractivity contribution in [2.24, 2.45) is 0 Å². The average Bonchev–Trinajstić information content (AvgIpc) is 2.54. The zero-order chi connectivity index (χ0) is 15.9. The van der Waals surface area contributed by atoms with Gasteiger partial charge in [0, 0.05) is 15.7 Å². The van der Waals surface area contributed by atoms with Crippen molar-refractivity contribution < 1.29 is 14.3 Å². The zero-order valence-electron chi connectivity index (χ0n) is 12.5. The number of benzene rings is 2. The molecule has 0 spiro atoms. The van der Waals surface area contributed by atoms with Crippen LogP contribution in [0.4, 0.5) is 0 Å². The molecule has 1 N–H and O–H groups in total. The number of carbonyl (C=O) groups excluding carboxylic acids is 1. The largest absolute Gasteiger partial charge is 0.496 e. The van der Waals surface area contributed by atoms with Crippen molar-refractivity contribution in [2.45, 2.75) is 19.6 Å². The van der Waals surface area contributed by atoms with Crippen molar-refractivity contribution in [3.05, 3.63) is 57.7 Å². The van der Waals surface area contributed by atoms with E-state index >= 15 is 0 Å². The molecule has 2 rings (SSSR count). The van der Waals surface area contributed by atoms with E-state index in [0.29, 0.717) is 12.3 Å². The lowest BCUT2D eigenvalue weighted by Gasteiger charge is -2.15. The van der Waals surface area contributed by atoms with Crippen LogP contribution in [0.5, 0.6) is 11.5 Å². The van der Waals surface area contributed by atoms with Crippen molar-refractivity contribution in [3.63, 3.8) is 0 Å². The van der Waals surface area contributed by atoms with Gasteiger partial charge in [0.2, 0.25) is 0 Å². The molecule has 0 aromatic heterocycles. The second-order valence-corrected chi connectivity index (χ2v) is 5.99. The molecule has 5 heteroatoms. The first-order valence-corrected chi connectivity index (χ1v) is 8.00. The Bertz CT molecular complexity index is 628. The topological polar surface area (TPSA) is 47.6 Å². The molecule has 0 radical (unpaired) electrons. The molecule has 116 valence electrons. The number of nitrogens with one attached hydrogen (secondary N) is 1. The average molecular weight is 411 g/mol. The Hall–Kier alpha value is -1.76. The summed E-state index contributed by atoms with van der Waals surface area (Å²) in [6, 6.07) is 15.2. The molecule has 2 aromatic carbocycles. The van der Waals surface area contributed by atoms with Crippen LogP contribution < -0.4 is 14.8 Å². The zero-order valence-corrected chi connectivity index (χ0v) is 14.7. The Morgan fingerprint density at radius 2 is 1.86 bits per heavy atom. The molecule has 0 saturated carbocycles. The maximum atomic E-state index is 12.1. The smallest absolute Gasteiger partial charge is 0.261 e. The molecule has 0 heterocycles. The van der Waals surface area contributed by atoms with Crippen LogP contribution in [0.2, 0.25) is 0 Å². The van der Waals surface area contributed by atoms with Crippen LogP contribution in [0.3, 0.4) is 0 Å². The molecule has 0 saturated heterocycles. The van der Waals surface area contributed by atoms with Gasteiger partial charge in [0.1, 0.15) is 11.5 Å². The quantitative estimate of drug-likeness (QED) is 0.742. The van der Waals surface area contributed by atoms with Crippen LogP contribution >= 0.6 is 22.6 Å². The number of para-hydroxylation sites is 1. The van der Waals surface area contributed by atoms with Gasteiger partial charge >= 0.3 is 0 Å². The Morgan fingerprint density at radius 3 is 2.55 bits per heavy atom. The lowest BCUT2D eigenvalue weighted by molar-refractivity contribution is -0.127. The number of hydrogen-bond acceptors (Lipinski definition) is 3. The Balaban J connectivity index is 1.90. The number of methoxy groups -OCH3 is 1. The fraction of sp³-hybridized carbons (Fsp3) is 0.235. The van der Waals surface area contributed by atoms with Crippen molar-refractivity contribution >= 4 is 28.5 Å². The molecule has 0 aliphatic heterocycles. The van der Waals surface area contributed by atoms with E-state index in [-0.39, 0.29) is 5.91 Å². The number of halogens is 1. The first-order chi connectivity index (χ1) is 10.6. The van der Waals surface area contributed by atoms with E-state index in [1.54, 1.807) is 14.0 Å². The van der Waals surface area contributed by atoms with Crippen LogP contribution in [-0.4, -0.2) is 19.1 Å². The van der Waals surface area contributed by atoms with E-state index in [0.717, 1.165) is 14.9 Å². The number of rotatable bonds is 6. The van der Waals surface area contributed by atoms with E-state index in [4.69, 9.17) is 9.47 Å². The third-order valence-corrected chi connectivity index (χ3v) is 3.86. The van der Waals surface area contributed by atoms with Gasteiger partial charge in [0.15, 0.2) is 6.10 Å². The van der Waals surface area contributed by atoms with E-state index in [9.17, 15) is 4.79 Å². The van der Waals surface area contributed by atoms with Gasteiger partial charge in [-0.15, -0.1) is 0 Å². The Labute approximate surface area is 144 Å². The van der Waals surface area contributed by atoms with Gasteiger partial charge in [-0.25, -0.2) is 0 Å². The number of amides is 1. The molecule has 2 aromatic rings. The minimum Gasteiger partial charge on any atom is -0.496 e. The maximum absolute atomic E-state index is 12.1. The molecule has 1 unspecified atom stereocenters. The van der Waals surface area contributed by atoms with E-state index in [2.05, 4.69) is 27.9 Å². The highest BCUT2D eigenvalue weighted by atomic mass is 127. The number of ether oxygens (including phenoxy) is 2. The first-order valence-electron chi connectivity index (χ1n) is 6.92. The first kappa shape index (κ1) is 16.6. The summed E-state index contributed by atoms with van der Waals surface area (Å²) in [6.45, 7) is 2.14. The highest BCUT2D eigenvalue weighted by molar-refractivity contribution is 14.1. The summed E-state index contributed by atoms with van der Waals surface area (Å²) in [5.41, 5.74) is 0.930. The molecule has 22 heavy (non-hydrogen) atoms. The van der Waals surface area contributed by atoms with Gasteiger partial charge in [-0.3, -0.25) is 4.79 Å². The van der Waals surface area contributed by atoms with Crippen LogP contribution in [0.15, 0.2) is 48.5 Å². The predicted molar refractivity (Wildman–Crippen MR) is 94.1 cm³/mol. The van der Waals surface area contributed by atoms with Crippen molar-refractivity contribution in [2.75, 3.05) is 7.11 Å². The monoisotopic (exact) mass is 411 g/mol. The molecule has 4 nitrogen and oxygen atoms in total. The van der Waals surface area contributed by atoms with E-state index in [1.807, 2.05) is 48.5 Å². The third-order valence-electron chi connectivity index (χ3n) is 3.14. The van der Waals surface area contributed by atoms with Gasteiger partial charge in [-0.05, 0) is 59.8 Å². The SMILES string of the molecule is COc1ccccc1CNC(=O)C(C)Oc1ccc(I)cc1. The minimum absolute atomic E-state index is 0.163. The normalized spacial score (nSPS) is 11.6. The van der Waals surface area contributed by atoms with Crippen LogP contribution in [-0.2, 0) is 11.3 Å². The van der Waals surface area contributed by atoms with Crippen molar-refractivity contribution in [1.82, 2.24) is 5.32 Å². The van der Waals surface area contributed by atoms with Crippen molar-refractivity contribution in [3.8, 4) is 11.5 Å². The molecule has 0 bridgehead atoms. The molecular weight excluding hydrogens is 393 g/mol. The summed E-state index contributed by atoms with van der Waals surface area (Å²) in [5, 5.41) is 2.86. The lowest BCUT2D eigenvalue weighted by atomic mass is 10.2. The Morgan fingerprint density at radius 1 is 1.18 bits per heavy atom. The molecule has 0 fully saturated rings. The fourth-order valence-electron chi connectivity index (χ4n) is 1.95. The van der Waals surface area contributed by atoms with Crippen LogP contribution in [0, 0.1) is 3.57 Å². The molecule has 0 aliphatic carbocycles. The third kappa shape index (κ3) is 4.62. The summed E-state index contributed by atoms with van der Waals surface area (Å²) < 4.78 is 12.0. The summed E-state index contributed by atoms with van der Waals surface area (Å²) in [6.07, 6.45) is -0.560. The standard InChI is InChI=1S/C17H18INO3/c1-12(22-15-9-7-14(18)8-10-15)17(20)19-11-13-5-3-4-6-16(13)21-2/h3-10,12H,11H2,1-2H3,(H,19,20). The van der Waals surface area contributed by atoms with Crippen molar-refractivity contribution in [1.29, 1.82) is 0 Å². The van der Waals surface area contributed by atoms with E-state index < -0.39 is 6.10 Å². The van der Waals surface area contributed by atoms with E-state index in [1.165, 1.54) is 0 Å². The molecule has 1 atom stereocenters. The molecule has 1 amide bonds. The summed E-state index contributed by atoms with van der Waals surface area (Å²) in [4.78, 5) is 12.1. The molecular formula is C17H18INO3. The summed E-state index contributed by atoms with van der Waals surface area (Å²) in [5.74, 6) is 1.28. The maximum Gasteiger partial charge on any atom is 0.261 e. The second-order valence-electron chi connectivity index (χ2n) is 4.74. The van der Waals surface area contributed by atoms with Gasteiger partial charge < -0.3 is 14.8 Å². The highest BCUT2D eigenvalue weighted by Gasteiger charge is 2.15. The summed E-state index contributed by atoms with van der Waals surface area (Å²) >= 11 is 2.22. The van der Waals surface area contributed by atoms with Crippen LogP contribution in [0.1, 0.15) is 12.5 Å². The fourth-order valence-corrected chi connectivity index (χ4v) is 2.31. The minimum atomic E-state index is -0.560. The predicted octanol–water partition coefficient (Wildman–Crippen LogP) is 3.38. The Kier molecular flexibility index (Phi) is 6.06. The van der Waals surface area contributed by atoms with Gasteiger partial charge in [-0.1, -0.05) is 18.2 Å². The lowest BCUT2D eigenvalue weighted by Crippen LogP contribution is -2.35. The van der Waals surface area contributed by atoms with Gasteiger partial charge in [0.25, 0.3) is 5.91 Å². The van der Waals surface area contributed by atoms with Gasteiger partial charge in [0.05, 0.1) is 7.11 Å². The number of carbonyl (C=O) groups is 1. The summed E-state index contributed by atoms with van der Waals surface area (Å²) in [7, 11) is 1.61. The molecule has 0 aliphatic rings. The second kappa shape index (κ2) is 8.03. The van der Waals surface area contributed by atoms with Gasteiger partial charge in [-0.2, -0.15) is 0 Å². The number of hydrogen-bond donors (Lipinski definition) is 1. The van der Waals surface area contributed by atoms with Crippen LogP contribution in [0.25, 0.3) is 0 Å². The highest BCUT2D eigenvalue weighted by Crippen LogP contribution is 2.17.